The minimum absolute atomic E-state index is 0.151. The molecule has 136 valence electrons. The molecule has 1 atom stereocenters. The third kappa shape index (κ3) is 5.43. The predicted octanol–water partition coefficient (Wildman–Crippen LogP) is 4.40. The average molecular weight is 374 g/mol. The van der Waals surface area contributed by atoms with Crippen molar-refractivity contribution in [3.05, 3.63) is 64.2 Å². The van der Waals surface area contributed by atoms with E-state index in [9.17, 15) is 14.7 Å². The van der Waals surface area contributed by atoms with Crippen LogP contribution in [0.4, 0.5) is 0 Å². The molecular weight excluding hydrogens is 354 g/mol. The van der Waals surface area contributed by atoms with Crippen LogP contribution in [0.2, 0.25) is 5.02 Å². The molecule has 2 rings (SSSR count). The van der Waals surface area contributed by atoms with E-state index in [1.165, 1.54) is 12.3 Å². The van der Waals surface area contributed by atoms with Crippen LogP contribution in [-0.4, -0.2) is 29.3 Å². The van der Waals surface area contributed by atoms with E-state index < -0.39 is 18.0 Å². The van der Waals surface area contributed by atoms with Crippen LogP contribution in [0.3, 0.4) is 0 Å². The Bertz CT molecular complexity index is 828. The van der Waals surface area contributed by atoms with Crippen LogP contribution >= 0.6 is 11.6 Å². The Kier molecular flexibility index (Phi) is 6.52. The first kappa shape index (κ1) is 19.7. The summed E-state index contributed by atoms with van der Waals surface area (Å²) in [7, 11) is 0. The number of halogens is 1. The summed E-state index contributed by atoms with van der Waals surface area (Å²) in [5.41, 5.74) is 2.02. The molecule has 0 radical (unpaired) electrons. The largest absolute Gasteiger partial charge is 0.480 e. The minimum Gasteiger partial charge on any atom is -0.480 e. The van der Waals surface area contributed by atoms with Crippen LogP contribution in [0.5, 0.6) is 5.75 Å². The van der Waals surface area contributed by atoms with Crippen LogP contribution < -0.4 is 4.74 Å². The first-order valence-electron chi connectivity index (χ1n) is 8.11. The van der Waals surface area contributed by atoms with Crippen molar-refractivity contribution in [1.82, 2.24) is 0 Å². The first-order valence-corrected chi connectivity index (χ1v) is 8.49. The monoisotopic (exact) mass is 373 g/mol. The van der Waals surface area contributed by atoms with Crippen molar-refractivity contribution in [2.24, 2.45) is 10.9 Å². The Morgan fingerprint density at radius 1 is 1.15 bits per heavy atom. The summed E-state index contributed by atoms with van der Waals surface area (Å²) < 4.78 is 5.36. The fourth-order valence-electron chi connectivity index (χ4n) is 2.26. The van der Waals surface area contributed by atoms with E-state index in [-0.39, 0.29) is 11.7 Å². The van der Waals surface area contributed by atoms with Gasteiger partial charge >= 0.3 is 11.9 Å². The van der Waals surface area contributed by atoms with Crippen molar-refractivity contribution in [3.63, 3.8) is 0 Å². The van der Waals surface area contributed by atoms with Gasteiger partial charge in [-0.3, -0.25) is 4.99 Å². The number of aliphatic carboxylic acids is 1. The molecule has 0 saturated heterocycles. The number of aryl methyl sites for hydroxylation is 1. The molecule has 0 saturated carbocycles. The van der Waals surface area contributed by atoms with Gasteiger partial charge in [0.15, 0.2) is 0 Å². The van der Waals surface area contributed by atoms with E-state index in [0.29, 0.717) is 16.1 Å². The predicted molar refractivity (Wildman–Crippen MR) is 101 cm³/mol. The highest BCUT2D eigenvalue weighted by atomic mass is 35.5. The molecule has 0 amide bonds. The lowest BCUT2D eigenvalue weighted by molar-refractivity contribution is -0.139. The number of carbonyl (C=O) groups excluding carboxylic acids is 1. The second kappa shape index (κ2) is 8.63. The van der Waals surface area contributed by atoms with Crippen molar-refractivity contribution < 1.29 is 19.4 Å². The van der Waals surface area contributed by atoms with Crippen LogP contribution in [0.25, 0.3) is 0 Å². The summed E-state index contributed by atoms with van der Waals surface area (Å²) in [5, 5.41) is 9.54. The standard InChI is InChI=1S/C20H20ClNO4/c1-12(2)18(19(23)24)22-11-14-8-16(21)10-17(9-14)26-20(25)15-6-4-13(3)5-7-15/h4-12,18H,1-3H3,(H,23,24). The van der Waals surface area contributed by atoms with E-state index in [1.54, 1.807) is 38.1 Å². The fraction of sp³-hybridized carbons (Fsp3) is 0.250. The second-order valence-corrected chi connectivity index (χ2v) is 6.72. The summed E-state index contributed by atoms with van der Waals surface area (Å²) in [6.45, 7) is 5.49. The number of aliphatic imine (C=N–C) groups is 1. The van der Waals surface area contributed by atoms with Gasteiger partial charge in [-0.15, -0.1) is 0 Å². The highest BCUT2D eigenvalue weighted by molar-refractivity contribution is 6.31. The quantitative estimate of drug-likeness (QED) is 0.462. The van der Waals surface area contributed by atoms with Gasteiger partial charge in [-0.1, -0.05) is 43.1 Å². The molecule has 0 heterocycles. The van der Waals surface area contributed by atoms with Crippen LogP contribution in [-0.2, 0) is 4.79 Å². The summed E-state index contributed by atoms with van der Waals surface area (Å²) in [6, 6.07) is 10.9. The van der Waals surface area contributed by atoms with Gasteiger partial charge in [0.2, 0.25) is 0 Å². The number of carboxylic acid groups (broad SMARTS) is 1. The number of benzene rings is 2. The van der Waals surface area contributed by atoms with E-state index in [1.807, 2.05) is 19.1 Å². The molecular formula is C20H20ClNO4. The zero-order chi connectivity index (χ0) is 19.3. The third-order valence-electron chi connectivity index (χ3n) is 3.66. The van der Waals surface area contributed by atoms with Gasteiger partial charge < -0.3 is 9.84 Å². The van der Waals surface area contributed by atoms with Gasteiger partial charge in [-0.2, -0.15) is 0 Å². The summed E-state index contributed by atoms with van der Waals surface area (Å²) >= 11 is 6.07. The maximum absolute atomic E-state index is 12.2. The highest BCUT2D eigenvalue weighted by Gasteiger charge is 2.19. The molecule has 2 aromatic carbocycles. The second-order valence-electron chi connectivity index (χ2n) is 6.28. The van der Waals surface area contributed by atoms with Crippen molar-refractivity contribution in [1.29, 1.82) is 0 Å². The summed E-state index contributed by atoms with van der Waals surface area (Å²) in [5.74, 6) is -1.38. The molecule has 2 aromatic rings. The Balaban J connectivity index is 2.20. The van der Waals surface area contributed by atoms with E-state index in [2.05, 4.69) is 4.99 Å². The normalized spacial score (nSPS) is 12.3. The summed E-state index contributed by atoms with van der Waals surface area (Å²) in [6.07, 6.45) is 1.42. The third-order valence-corrected chi connectivity index (χ3v) is 3.88. The number of rotatable bonds is 6. The Morgan fingerprint density at radius 3 is 2.38 bits per heavy atom. The molecule has 1 N–H and O–H groups in total. The number of carbonyl (C=O) groups is 2. The van der Waals surface area contributed by atoms with Gasteiger partial charge in [0, 0.05) is 11.2 Å². The van der Waals surface area contributed by atoms with Gasteiger partial charge in [-0.05, 0) is 48.7 Å². The molecule has 0 aliphatic heterocycles. The van der Waals surface area contributed by atoms with Gasteiger partial charge in [-0.25, -0.2) is 9.59 Å². The van der Waals surface area contributed by atoms with Gasteiger partial charge in [0.25, 0.3) is 0 Å². The Labute approximate surface area is 157 Å². The number of hydrogen-bond acceptors (Lipinski definition) is 4. The van der Waals surface area contributed by atoms with E-state index in [4.69, 9.17) is 16.3 Å². The number of esters is 1. The lowest BCUT2D eigenvalue weighted by atomic mass is 10.1. The van der Waals surface area contributed by atoms with E-state index >= 15 is 0 Å². The molecule has 26 heavy (non-hydrogen) atoms. The molecule has 6 heteroatoms. The Morgan fingerprint density at radius 2 is 1.81 bits per heavy atom. The van der Waals surface area contributed by atoms with Crippen molar-refractivity contribution >= 4 is 29.8 Å². The molecule has 0 aliphatic carbocycles. The van der Waals surface area contributed by atoms with Gasteiger partial charge in [0.05, 0.1) is 5.56 Å². The van der Waals surface area contributed by atoms with Crippen molar-refractivity contribution in [2.45, 2.75) is 26.8 Å². The SMILES string of the molecule is Cc1ccc(C(=O)Oc2cc(Cl)cc(C=NC(C(=O)O)C(C)C)c2)cc1. The molecule has 1 unspecified atom stereocenters. The highest BCUT2D eigenvalue weighted by Crippen LogP contribution is 2.22. The Hall–Kier alpha value is -2.66. The van der Waals surface area contributed by atoms with Crippen molar-refractivity contribution in [3.8, 4) is 5.75 Å². The number of carboxylic acids is 1. The smallest absolute Gasteiger partial charge is 0.343 e. The molecule has 0 spiro atoms. The molecule has 0 bridgehead atoms. The van der Waals surface area contributed by atoms with E-state index in [0.717, 1.165) is 5.56 Å². The lowest BCUT2D eigenvalue weighted by Crippen LogP contribution is -2.24. The van der Waals surface area contributed by atoms with Crippen LogP contribution in [0.15, 0.2) is 47.5 Å². The zero-order valence-electron chi connectivity index (χ0n) is 14.8. The minimum atomic E-state index is -0.996. The summed E-state index contributed by atoms with van der Waals surface area (Å²) in [4.78, 5) is 27.5. The zero-order valence-corrected chi connectivity index (χ0v) is 15.5. The number of hydrogen-bond donors (Lipinski definition) is 1. The van der Waals surface area contributed by atoms with Crippen molar-refractivity contribution in [2.75, 3.05) is 0 Å². The molecule has 0 fully saturated rings. The topological polar surface area (TPSA) is 76.0 Å². The first-order chi connectivity index (χ1) is 12.3. The lowest BCUT2D eigenvalue weighted by Gasteiger charge is -2.11. The maximum atomic E-state index is 12.2. The number of nitrogens with zero attached hydrogens (tertiary/aromatic N) is 1. The van der Waals surface area contributed by atoms with Gasteiger partial charge in [0.1, 0.15) is 11.8 Å². The van der Waals surface area contributed by atoms with Crippen LogP contribution in [0, 0.1) is 12.8 Å². The average Bonchev–Trinajstić information content (AvgIpc) is 2.54. The number of ether oxygens (including phenoxy) is 1. The fourth-order valence-corrected chi connectivity index (χ4v) is 2.49. The molecule has 5 nitrogen and oxygen atoms in total. The molecule has 0 aromatic heterocycles. The van der Waals surface area contributed by atoms with Crippen LogP contribution in [0.1, 0.15) is 35.3 Å². The molecule has 0 aliphatic rings. The maximum Gasteiger partial charge on any atom is 0.343 e.